The van der Waals surface area contributed by atoms with Crippen LogP contribution in [0.2, 0.25) is 0 Å². The van der Waals surface area contributed by atoms with Gasteiger partial charge < -0.3 is 0 Å². The molecule has 46 heavy (non-hydrogen) atoms. The molecule has 0 amide bonds. The first kappa shape index (κ1) is 10.0. The van der Waals surface area contributed by atoms with Crippen molar-refractivity contribution in [3.05, 3.63) is 181 Å². The van der Waals surface area contributed by atoms with Gasteiger partial charge in [0.25, 0.3) is 0 Å². The Hall–Kier alpha value is -5.98. The molecule has 0 unspecified atom stereocenters. The predicted octanol–water partition coefficient (Wildman–Crippen LogP) is 13.0. The van der Waals surface area contributed by atoms with Gasteiger partial charge in [0.1, 0.15) is 0 Å². The smallest absolute Gasteiger partial charge is 0.0622 e. The second kappa shape index (κ2) is 10.9. The first-order valence-corrected chi connectivity index (χ1v) is 13.5. The highest BCUT2D eigenvalue weighted by Gasteiger charge is 2.19. The number of hydrogen-bond acceptors (Lipinski definition) is 0. The van der Waals surface area contributed by atoms with Crippen LogP contribution in [0.15, 0.2) is 181 Å². The van der Waals surface area contributed by atoms with Gasteiger partial charge in [0.15, 0.2) is 0 Å². The molecule has 0 bridgehead atoms. The van der Waals surface area contributed by atoms with Crippen LogP contribution in [-0.2, 0) is 0 Å². The van der Waals surface area contributed by atoms with Crippen molar-refractivity contribution in [2.45, 2.75) is 0 Å². The van der Waals surface area contributed by atoms with E-state index in [1.807, 2.05) is 0 Å². The Morgan fingerprint density at radius 1 is 0.261 bits per heavy atom. The van der Waals surface area contributed by atoms with E-state index in [2.05, 4.69) is 0 Å². The summed E-state index contributed by atoms with van der Waals surface area (Å²) in [6, 6.07) is -30.5. The molecule has 214 valence electrons. The number of rotatable bonds is 4. The van der Waals surface area contributed by atoms with Gasteiger partial charge in [-0.2, -0.15) is 0 Å². The zero-order chi connectivity index (χ0) is 56.6. The SMILES string of the molecule is [2H]c1c([2H])c([2H])c(-c2c([2H])c([2H])c([2H])c(-c3c4c([2H])c([2H])c([2H])c([2H])c4c(-c4c([2H])c([2H])c([2H])c5c([2H])c([2H])c([2H])c([2H])c45)c4c([2H])c([2H])c(-c5c([2H])c([2H])c6c([2H])c([2H])c([2H])c([2H])c6c5[2H])c([2H])c34)c2[2H])c([2H])c1[2H]. The van der Waals surface area contributed by atoms with E-state index in [0.717, 1.165) is 0 Å². The summed E-state index contributed by atoms with van der Waals surface area (Å²) in [7, 11) is 0. The lowest BCUT2D eigenvalue weighted by molar-refractivity contribution is 1.61. The molecule has 0 nitrogen and oxygen atoms in total. The van der Waals surface area contributed by atoms with Crippen LogP contribution in [0.5, 0.6) is 0 Å². The fourth-order valence-electron chi connectivity index (χ4n) is 5.22. The van der Waals surface area contributed by atoms with Gasteiger partial charge in [0.2, 0.25) is 0 Å². The van der Waals surface area contributed by atoms with Crippen molar-refractivity contribution in [3.63, 3.8) is 0 Å². The van der Waals surface area contributed by atoms with Crippen LogP contribution in [-0.4, -0.2) is 0 Å². The van der Waals surface area contributed by atoms with Crippen LogP contribution >= 0.6 is 0 Å². The molecule has 0 aromatic heterocycles. The summed E-state index contributed by atoms with van der Waals surface area (Å²) in [4.78, 5) is 0. The largest absolute Gasteiger partial charge is 0.0636 e. The van der Waals surface area contributed by atoms with Gasteiger partial charge in [-0.1, -0.05) is 163 Å². The van der Waals surface area contributed by atoms with Crippen molar-refractivity contribution < 1.29 is 41.1 Å². The maximum atomic E-state index is 10.2. The molecule has 0 fully saturated rings. The van der Waals surface area contributed by atoms with Crippen molar-refractivity contribution in [2.24, 2.45) is 0 Å². The normalized spacial score (nSPS) is 20.6. The molecule has 9 aromatic rings. The Kier molecular flexibility index (Phi) is 2.37. The summed E-state index contributed by atoms with van der Waals surface area (Å²) in [6.07, 6.45) is 0. The Labute approximate surface area is 311 Å². The first-order valence-electron chi connectivity index (χ1n) is 28.5. The van der Waals surface area contributed by atoms with Gasteiger partial charge in [-0.25, -0.2) is 0 Å². The average molecular weight is 613 g/mol. The predicted molar refractivity (Wildman–Crippen MR) is 198 cm³/mol. The minimum Gasteiger partial charge on any atom is -0.0622 e. The second-order valence-electron chi connectivity index (χ2n) is 9.75. The number of benzene rings is 9. The molecule has 0 radical (unpaired) electrons. The third-order valence-corrected chi connectivity index (χ3v) is 7.19. The summed E-state index contributed by atoms with van der Waals surface area (Å²) < 4.78 is 271. The van der Waals surface area contributed by atoms with E-state index >= 15 is 0 Å². The fourth-order valence-corrected chi connectivity index (χ4v) is 5.22. The molecule has 0 aliphatic carbocycles. The van der Waals surface area contributed by atoms with Crippen molar-refractivity contribution in [3.8, 4) is 44.5 Å². The molecule has 0 saturated carbocycles. The number of fused-ring (bicyclic) bond motifs is 4. The number of hydrogen-bond donors (Lipinski definition) is 0. The van der Waals surface area contributed by atoms with E-state index in [0.29, 0.717) is 0 Å². The van der Waals surface area contributed by atoms with Gasteiger partial charge in [0.05, 0.1) is 41.1 Å². The van der Waals surface area contributed by atoms with Crippen molar-refractivity contribution in [1.82, 2.24) is 0 Å². The molecular weight excluding hydrogens is 553 g/mol. The van der Waals surface area contributed by atoms with Crippen molar-refractivity contribution in [2.75, 3.05) is 0 Å². The standard InChI is InChI=1S/C46H30/c1-2-12-31(13-3-1)35-18-10-19-38(29-35)45-41-21-8-9-22-42(41)46(40-23-11-17-33-15-6-7-20-39(33)40)43-27-26-37(30-44(43)45)36-25-24-32-14-4-5-16-34(32)28-36/h1-30H/i1D,2D,3D,4D,5D,6D,7D,8D,9D,10D,11D,12D,13D,14D,15D,16D,17D,18D,19D,20D,21D,22D,23D,24D,25D,26D,27D,28D,29D,30D. The van der Waals surface area contributed by atoms with E-state index in [1.165, 1.54) is 0 Å². The summed E-state index contributed by atoms with van der Waals surface area (Å²) in [5.41, 5.74) is -7.19. The highest BCUT2D eigenvalue weighted by atomic mass is 14.2. The Bertz CT molecular complexity index is 4240. The molecule has 0 spiro atoms. The lowest BCUT2D eigenvalue weighted by atomic mass is 9.83. The van der Waals surface area contributed by atoms with Crippen molar-refractivity contribution >= 4 is 43.1 Å². The topological polar surface area (TPSA) is 0 Å². The molecule has 0 atom stereocenters. The van der Waals surface area contributed by atoms with Crippen LogP contribution in [0, 0.1) is 0 Å². The molecule has 0 aliphatic heterocycles. The van der Waals surface area contributed by atoms with Crippen LogP contribution in [0.25, 0.3) is 87.6 Å². The summed E-state index contributed by atoms with van der Waals surface area (Å²) >= 11 is 0. The highest BCUT2D eigenvalue weighted by molar-refractivity contribution is 6.24. The quantitative estimate of drug-likeness (QED) is 0.173. The monoisotopic (exact) mass is 612 g/mol. The fraction of sp³-hybridized carbons (Fsp3) is 0. The lowest BCUT2D eigenvalue weighted by Crippen LogP contribution is -1.93. The zero-order valence-corrected chi connectivity index (χ0v) is 23.0. The summed E-state index contributed by atoms with van der Waals surface area (Å²) in [5.74, 6) is 0. The molecule has 9 aromatic carbocycles. The van der Waals surface area contributed by atoms with Crippen LogP contribution in [0.1, 0.15) is 41.1 Å². The van der Waals surface area contributed by atoms with E-state index in [4.69, 9.17) is 27.4 Å². The Morgan fingerprint density at radius 2 is 0.804 bits per heavy atom. The Balaban J connectivity index is 1.71. The lowest BCUT2D eigenvalue weighted by Gasteiger charge is -2.20. The van der Waals surface area contributed by atoms with E-state index in [-0.39, 0.29) is 0 Å². The van der Waals surface area contributed by atoms with Gasteiger partial charge in [-0.3, -0.25) is 0 Å². The van der Waals surface area contributed by atoms with Gasteiger partial charge in [0, 0.05) is 0 Å². The van der Waals surface area contributed by atoms with Crippen molar-refractivity contribution in [1.29, 1.82) is 0 Å². The van der Waals surface area contributed by atoms with Crippen LogP contribution in [0.3, 0.4) is 0 Å². The minimum atomic E-state index is -1.17. The Morgan fingerprint density at radius 3 is 1.65 bits per heavy atom. The zero-order valence-electron chi connectivity index (χ0n) is 53.0. The van der Waals surface area contributed by atoms with E-state index in [9.17, 15) is 13.7 Å². The minimum absolute atomic E-state index is 0.626. The maximum Gasteiger partial charge on any atom is 0.0636 e. The first-order chi connectivity index (χ1) is 35.3. The summed E-state index contributed by atoms with van der Waals surface area (Å²) in [5, 5.41) is -6.28. The molecule has 0 aliphatic rings. The molecule has 0 heteroatoms. The second-order valence-corrected chi connectivity index (χ2v) is 9.75. The van der Waals surface area contributed by atoms with Gasteiger partial charge in [-0.15, -0.1) is 0 Å². The van der Waals surface area contributed by atoms with Crippen LogP contribution < -0.4 is 0 Å². The molecule has 0 N–H and O–H groups in total. The maximum absolute atomic E-state index is 10.2. The third-order valence-electron chi connectivity index (χ3n) is 7.19. The van der Waals surface area contributed by atoms with Gasteiger partial charge in [-0.05, 0) is 106 Å². The van der Waals surface area contributed by atoms with Gasteiger partial charge >= 0.3 is 0 Å². The molecular formula is C46H30. The average Bonchev–Trinajstić information content (AvgIpc) is 3.38. The third kappa shape index (κ3) is 4.38. The highest BCUT2D eigenvalue weighted by Crippen LogP contribution is 2.46. The van der Waals surface area contributed by atoms with E-state index in [1.54, 1.807) is 0 Å². The molecule has 9 rings (SSSR count). The summed E-state index contributed by atoms with van der Waals surface area (Å²) in [6.45, 7) is 0. The molecule has 0 saturated heterocycles. The molecule has 0 heterocycles. The van der Waals surface area contributed by atoms with Crippen LogP contribution in [0.4, 0.5) is 0 Å². The van der Waals surface area contributed by atoms with E-state index < -0.39 is 269 Å².